The lowest BCUT2D eigenvalue weighted by Gasteiger charge is -1.55. The van der Waals surface area contributed by atoms with E-state index < -0.39 is 15.2 Å². The maximum absolute atomic E-state index is 9.67. The minimum atomic E-state index is -3.67. The van der Waals surface area contributed by atoms with Gasteiger partial charge in [0.1, 0.15) is 0 Å². The molecule has 0 fully saturated rings. The van der Waals surface area contributed by atoms with Crippen molar-refractivity contribution in [2.45, 2.75) is 0 Å². The standard InChI is InChI=1S/BF3.BH3O2/c2-1(3)4;2-1-3/h;1-3H. The molecule has 0 rings (SSSR count). The van der Waals surface area contributed by atoms with Crippen LogP contribution in [0.25, 0.3) is 0 Å². The van der Waals surface area contributed by atoms with E-state index >= 15 is 0 Å². The molecule has 0 atom stereocenters. The average Bonchev–Trinajstić information content (AvgIpc) is 1.33. The van der Waals surface area contributed by atoms with E-state index in [4.69, 9.17) is 10.0 Å². The number of halogens is 3. The highest BCUT2D eigenvalue weighted by atomic mass is 19.4. The molecule has 0 amide bonds. The molecule has 0 aromatic heterocycles. The molecule has 0 spiro atoms. The van der Waals surface area contributed by atoms with Crippen LogP contribution in [0.4, 0.5) is 12.9 Å². The first-order valence-corrected chi connectivity index (χ1v) is 1.29. The lowest BCUT2D eigenvalue weighted by atomic mass is 10.5. The Bertz CT molecular complexity index is 22.1. The Balaban J connectivity index is 0. The summed E-state index contributed by atoms with van der Waals surface area (Å²) < 4.78 is 29.0. The van der Waals surface area contributed by atoms with Crippen LogP contribution in [0.1, 0.15) is 0 Å². The van der Waals surface area contributed by atoms with Crippen molar-refractivity contribution in [1.82, 2.24) is 0 Å². The zero-order chi connectivity index (χ0) is 6.28. The summed E-state index contributed by atoms with van der Waals surface area (Å²) in [6, 6.07) is 0. The van der Waals surface area contributed by atoms with E-state index in [1.165, 1.54) is 0 Å². The van der Waals surface area contributed by atoms with E-state index in [9.17, 15) is 12.9 Å². The SMILES string of the molecule is FB(F)F.OBO. The van der Waals surface area contributed by atoms with Crippen molar-refractivity contribution in [3.8, 4) is 0 Å². The molecule has 0 bridgehead atoms. The van der Waals surface area contributed by atoms with Gasteiger partial charge in [-0.15, -0.1) is 0 Å². The number of hydrogen-bond donors (Lipinski definition) is 2. The minimum Gasteiger partial charge on any atom is -0.430 e. The van der Waals surface area contributed by atoms with Gasteiger partial charge in [0.05, 0.1) is 0 Å². The van der Waals surface area contributed by atoms with Gasteiger partial charge in [-0.25, -0.2) is 0 Å². The Morgan fingerprint density at radius 2 is 1.14 bits per heavy atom. The highest BCUT2D eigenvalue weighted by molar-refractivity contribution is 6.33. The van der Waals surface area contributed by atoms with E-state index in [1.54, 1.807) is 0 Å². The van der Waals surface area contributed by atoms with Crippen LogP contribution in [-0.4, -0.2) is 25.3 Å². The lowest BCUT2D eigenvalue weighted by molar-refractivity contribution is 0.448. The Morgan fingerprint density at radius 1 is 1.14 bits per heavy atom. The molecule has 0 aliphatic rings. The molecule has 0 aromatic carbocycles. The van der Waals surface area contributed by atoms with E-state index in [2.05, 4.69) is 0 Å². The predicted molar refractivity (Wildman–Crippen MR) is 20.7 cm³/mol. The Morgan fingerprint density at radius 3 is 1.14 bits per heavy atom. The summed E-state index contributed by atoms with van der Waals surface area (Å²) in [5, 5.41) is 14.2. The smallest absolute Gasteiger partial charge is 0.430 e. The second-order valence-corrected chi connectivity index (χ2v) is 0.389. The molecule has 0 saturated heterocycles. The molecule has 0 saturated carbocycles. The van der Waals surface area contributed by atoms with Gasteiger partial charge in [-0.1, -0.05) is 0 Å². The fourth-order valence-corrected chi connectivity index (χ4v) is 0. The van der Waals surface area contributed by atoms with Crippen LogP contribution < -0.4 is 0 Å². The van der Waals surface area contributed by atoms with Crippen molar-refractivity contribution in [1.29, 1.82) is 0 Å². The fourth-order valence-electron chi connectivity index (χ4n) is 0. The number of hydrogen-bond acceptors (Lipinski definition) is 2. The van der Waals surface area contributed by atoms with Crippen molar-refractivity contribution < 1.29 is 23.0 Å². The second-order valence-electron chi connectivity index (χ2n) is 0.389. The van der Waals surface area contributed by atoms with Crippen molar-refractivity contribution in [3.63, 3.8) is 0 Å². The van der Waals surface area contributed by atoms with E-state index in [-0.39, 0.29) is 0 Å². The van der Waals surface area contributed by atoms with Crippen LogP contribution in [-0.2, 0) is 0 Å². The molecule has 7 heavy (non-hydrogen) atoms. The molecule has 0 aromatic rings. The summed E-state index contributed by atoms with van der Waals surface area (Å²) in [5.41, 5.74) is 0. The van der Waals surface area contributed by atoms with Gasteiger partial charge in [-0.3, -0.25) is 12.9 Å². The first-order valence-electron chi connectivity index (χ1n) is 1.29. The molecule has 2 nitrogen and oxygen atoms in total. The predicted octanol–water partition coefficient (Wildman–Crippen LogP) is -0.883. The van der Waals surface area contributed by atoms with Gasteiger partial charge in [0.25, 0.3) is 0 Å². The van der Waals surface area contributed by atoms with Crippen LogP contribution in [0.2, 0.25) is 0 Å². The quantitative estimate of drug-likeness (QED) is 0.401. The maximum atomic E-state index is 9.67. The van der Waals surface area contributed by atoms with Crippen LogP contribution >= 0.6 is 0 Å². The Labute approximate surface area is 39.5 Å². The highest BCUT2D eigenvalue weighted by Gasteiger charge is 2.06. The zero-order valence-corrected chi connectivity index (χ0v) is 3.31. The highest BCUT2D eigenvalue weighted by Crippen LogP contribution is 1.80. The summed E-state index contributed by atoms with van der Waals surface area (Å²) in [7, 11) is -4.42. The largest absolute Gasteiger partial charge is 0.762 e. The molecular formula is H3B2F3O2. The summed E-state index contributed by atoms with van der Waals surface area (Å²) in [6.07, 6.45) is 0. The van der Waals surface area contributed by atoms with Crippen molar-refractivity contribution >= 4 is 15.2 Å². The van der Waals surface area contributed by atoms with Gasteiger partial charge in [0.15, 0.2) is 0 Å². The van der Waals surface area contributed by atoms with E-state index in [1.807, 2.05) is 0 Å². The summed E-state index contributed by atoms with van der Waals surface area (Å²) in [6.45, 7) is 0. The number of rotatable bonds is 0. The molecule has 0 aliphatic carbocycles. The third-order valence-corrected chi connectivity index (χ3v) is 0. The van der Waals surface area contributed by atoms with Crippen molar-refractivity contribution in [2.75, 3.05) is 0 Å². The molecule has 0 heterocycles. The summed E-state index contributed by atoms with van der Waals surface area (Å²) in [5.74, 6) is 0. The van der Waals surface area contributed by atoms with Gasteiger partial charge in [0, 0.05) is 0 Å². The monoisotopic (exact) mass is 114 g/mol. The normalized spacial score (nSPS) is 5.86. The third-order valence-electron chi connectivity index (χ3n) is 0. The summed E-state index contributed by atoms with van der Waals surface area (Å²) in [4.78, 5) is 0. The Hall–Kier alpha value is -0.160. The maximum Gasteiger partial charge on any atom is 0.762 e. The van der Waals surface area contributed by atoms with Crippen LogP contribution in [0.15, 0.2) is 0 Å². The lowest BCUT2D eigenvalue weighted by Crippen LogP contribution is -1.76. The van der Waals surface area contributed by atoms with Crippen molar-refractivity contribution in [2.24, 2.45) is 0 Å². The zero-order valence-electron chi connectivity index (χ0n) is 3.31. The average molecular weight is 114 g/mol. The molecule has 2 N–H and O–H groups in total. The van der Waals surface area contributed by atoms with E-state index in [0.717, 1.165) is 0 Å². The topological polar surface area (TPSA) is 40.5 Å². The molecule has 42 valence electrons. The van der Waals surface area contributed by atoms with Gasteiger partial charge in [0.2, 0.25) is 0 Å². The molecule has 7 heteroatoms. The minimum absolute atomic E-state index is 0.750. The van der Waals surface area contributed by atoms with E-state index in [0.29, 0.717) is 0 Å². The molecule has 0 radical (unpaired) electrons. The van der Waals surface area contributed by atoms with Gasteiger partial charge in [-0.05, 0) is 0 Å². The van der Waals surface area contributed by atoms with Crippen molar-refractivity contribution in [3.05, 3.63) is 0 Å². The first-order chi connectivity index (χ1) is 3.15. The second kappa shape index (κ2) is 9.28. The summed E-state index contributed by atoms with van der Waals surface area (Å²) >= 11 is 0. The third kappa shape index (κ3) is 3360. The molecule has 0 aliphatic heterocycles. The fraction of sp³-hybridized carbons (Fsp3) is 0. The van der Waals surface area contributed by atoms with Crippen LogP contribution in [0, 0.1) is 0 Å². The van der Waals surface area contributed by atoms with Gasteiger partial charge >= 0.3 is 15.2 Å². The van der Waals surface area contributed by atoms with Gasteiger partial charge < -0.3 is 10.0 Å². The van der Waals surface area contributed by atoms with Crippen LogP contribution in [0.3, 0.4) is 0 Å². The van der Waals surface area contributed by atoms with Gasteiger partial charge in [-0.2, -0.15) is 0 Å². The Kier molecular flexibility index (Phi) is 13.2. The molecular weight excluding hydrogens is 111 g/mol. The molecule has 0 unspecified atom stereocenters. The first kappa shape index (κ1) is 9.96. The van der Waals surface area contributed by atoms with Crippen LogP contribution in [0.5, 0.6) is 0 Å².